The first kappa shape index (κ1) is 43.7. The Morgan fingerprint density at radius 1 is 0.800 bits per heavy atom. The molecule has 0 aromatic heterocycles. The number of piperazine rings is 1. The van der Waals surface area contributed by atoms with E-state index in [0.717, 1.165) is 46.2 Å². The highest BCUT2D eigenvalue weighted by molar-refractivity contribution is 7.89. The fourth-order valence-electron chi connectivity index (χ4n) is 6.25. The van der Waals surface area contributed by atoms with Crippen molar-refractivity contribution in [3.8, 4) is 11.5 Å². The van der Waals surface area contributed by atoms with Crippen LogP contribution in [0.15, 0.2) is 70.5 Å². The summed E-state index contributed by atoms with van der Waals surface area (Å²) in [5.74, 6) is -1.01. The lowest BCUT2D eigenvalue weighted by atomic mass is 10.1. The second-order valence-corrected chi connectivity index (χ2v) is 18.1. The first-order valence-electron chi connectivity index (χ1n) is 16.8. The SMILES string of the molecule is COc1cc(/C=C/C(=O)N2C3CCC2CN(Cc2ccc(F)cc2)C3)c(S(=O)(=O)N(C)C)cc1Cl.COc1cc(/C=C/C(=O)O)c(S(=O)(=O)N(C)C)cc1Cl. The second kappa shape index (κ2) is 18.3. The summed E-state index contributed by atoms with van der Waals surface area (Å²) in [6.07, 6.45) is 6.80. The third-order valence-corrected chi connectivity index (χ3v) is 13.4. The molecule has 2 unspecified atom stereocenters. The molecule has 2 saturated heterocycles. The van der Waals surface area contributed by atoms with Crippen LogP contribution in [0.3, 0.4) is 0 Å². The fraction of sp³-hybridized carbons (Fsp3) is 0.351. The molecule has 2 bridgehead atoms. The van der Waals surface area contributed by atoms with Crippen LogP contribution in [-0.2, 0) is 36.2 Å². The fourth-order valence-corrected chi connectivity index (χ4v) is 9.03. The van der Waals surface area contributed by atoms with E-state index in [1.54, 1.807) is 12.1 Å². The Balaban J connectivity index is 0.000000287. The number of methoxy groups -OCH3 is 2. The van der Waals surface area contributed by atoms with Gasteiger partial charge in [0.25, 0.3) is 0 Å². The number of carboxylic acids is 1. The maximum absolute atomic E-state index is 13.2. The van der Waals surface area contributed by atoms with Gasteiger partial charge >= 0.3 is 5.97 Å². The van der Waals surface area contributed by atoms with E-state index in [9.17, 15) is 30.8 Å². The molecular weight excluding hydrogens is 798 g/mol. The van der Waals surface area contributed by atoms with Crippen molar-refractivity contribution in [1.82, 2.24) is 18.4 Å². The summed E-state index contributed by atoms with van der Waals surface area (Å²) >= 11 is 12.1. The van der Waals surface area contributed by atoms with Gasteiger partial charge in [0.1, 0.15) is 17.3 Å². The number of nitrogens with zero attached hydrogens (tertiary/aromatic N) is 4. The molecule has 55 heavy (non-hydrogen) atoms. The van der Waals surface area contributed by atoms with Crippen LogP contribution in [0.4, 0.5) is 4.39 Å². The third kappa shape index (κ3) is 10.4. The van der Waals surface area contributed by atoms with Crippen molar-refractivity contribution in [2.45, 2.75) is 41.3 Å². The Morgan fingerprint density at radius 3 is 1.64 bits per heavy atom. The number of amides is 1. The second-order valence-electron chi connectivity index (χ2n) is 13.1. The summed E-state index contributed by atoms with van der Waals surface area (Å²) in [5.41, 5.74) is 1.55. The van der Waals surface area contributed by atoms with Gasteiger partial charge in [-0.05, 0) is 78.1 Å². The minimum absolute atomic E-state index is 0.00411. The molecule has 1 N–H and O–H groups in total. The number of carboxylic acid groups (broad SMARTS) is 1. The molecule has 0 aliphatic carbocycles. The van der Waals surface area contributed by atoms with E-state index in [0.29, 0.717) is 17.9 Å². The number of halogens is 3. The highest BCUT2D eigenvalue weighted by Crippen LogP contribution is 2.35. The summed E-state index contributed by atoms with van der Waals surface area (Å²) in [6, 6.07) is 12.1. The van der Waals surface area contributed by atoms with Gasteiger partial charge in [-0.3, -0.25) is 9.69 Å². The summed E-state index contributed by atoms with van der Waals surface area (Å²) < 4.78 is 75.7. The van der Waals surface area contributed by atoms with E-state index < -0.39 is 26.0 Å². The molecule has 2 atom stereocenters. The highest BCUT2D eigenvalue weighted by atomic mass is 35.5. The zero-order valence-electron chi connectivity index (χ0n) is 31.1. The molecule has 1 amide bonds. The van der Waals surface area contributed by atoms with Gasteiger partial charge < -0.3 is 19.5 Å². The van der Waals surface area contributed by atoms with Gasteiger partial charge in [0.15, 0.2) is 0 Å². The lowest BCUT2D eigenvalue weighted by molar-refractivity contribution is -0.132. The minimum Gasteiger partial charge on any atom is -0.495 e. The molecule has 3 aromatic rings. The Labute approximate surface area is 331 Å². The van der Waals surface area contributed by atoms with Crippen molar-refractivity contribution in [3.63, 3.8) is 0 Å². The Morgan fingerprint density at radius 2 is 1.24 bits per heavy atom. The van der Waals surface area contributed by atoms with Crippen molar-refractivity contribution in [2.24, 2.45) is 0 Å². The Bertz CT molecular complexity index is 2170. The van der Waals surface area contributed by atoms with E-state index >= 15 is 0 Å². The molecule has 18 heteroatoms. The van der Waals surface area contributed by atoms with Crippen LogP contribution in [0.5, 0.6) is 11.5 Å². The van der Waals surface area contributed by atoms with Crippen molar-refractivity contribution in [1.29, 1.82) is 0 Å². The lowest BCUT2D eigenvalue weighted by Crippen LogP contribution is -2.55. The van der Waals surface area contributed by atoms with E-state index in [4.69, 9.17) is 37.8 Å². The average molecular weight is 842 g/mol. The molecule has 298 valence electrons. The number of hydrogen-bond acceptors (Lipinski definition) is 9. The standard InChI is InChI=1S/C25H29ClFN3O4S.C12H14ClNO5S/c1-28(2)35(32,33)24-13-22(26)23(34-3)12-18(24)6-11-25(31)30-20-9-10-21(30)16-29(15-20)14-17-4-7-19(27)8-5-17;1-14(2)20(17,18)11-7-9(13)10(19-3)6-8(11)4-5-12(15)16/h4-8,11-13,20-21H,9-10,14-16H2,1-3H3;4-7H,1-3H3,(H,15,16)/b11-6+;5-4+. The number of benzene rings is 3. The molecule has 2 aliphatic heterocycles. The van der Waals surface area contributed by atoms with Gasteiger partial charge in [0.2, 0.25) is 26.0 Å². The van der Waals surface area contributed by atoms with Crippen LogP contribution in [0.1, 0.15) is 29.5 Å². The molecule has 3 aromatic carbocycles. The van der Waals surface area contributed by atoms with Gasteiger partial charge in [-0.1, -0.05) is 35.3 Å². The zero-order valence-corrected chi connectivity index (χ0v) is 34.2. The largest absolute Gasteiger partial charge is 0.495 e. The van der Waals surface area contributed by atoms with Crippen LogP contribution in [0, 0.1) is 5.82 Å². The molecule has 0 spiro atoms. The topological polar surface area (TPSA) is 154 Å². The maximum Gasteiger partial charge on any atom is 0.328 e. The zero-order chi connectivity index (χ0) is 40.8. The normalized spacial score (nSPS) is 17.5. The predicted octanol–water partition coefficient (Wildman–Crippen LogP) is 5.32. The van der Waals surface area contributed by atoms with Gasteiger partial charge in [0, 0.05) is 72.1 Å². The van der Waals surface area contributed by atoms with Crippen molar-refractivity contribution in [2.75, 3.05) is 55.5 Å². The van der Waals surface area contributed by atoms with E-state index in [1.807, 2.05) is 4.90 Å². The maximum atomic E-state index is 13.2. The monoisotopic (exact) mass is 840 g/mol. The highest BCUT2D eigenvalue weighted by Gasteiger charge is 2.41. The molecule has 0 saturated carbocycles. The molecule has 2 heterocycles. The van der Waals surface area contributed by atoms with Crippen molar-refractivity contribution >= 4 is 67.3 Å². The Hall–Kier alpha value is -4.03. The molecule has 13 nitrogen and oxygen atoms in total. The first-order chi connectivity index (χ1) is 25.8. The van der Waals surface area contributed by atoms with Gasteiger partial charge in [-0.25, -0.2) is 34.6 Å². The summed E-state index contributed by atoms with van der Waals surface area (Å²) in [6.45, 7) is 2.19. The third-order valence-electron chi connectivity index (χ3n) is 9.03. The number of hydrogen-bond donors (Lipinski definition) is 1. The number of rotatable bonds is 12. The molecule has 2 fully saturated rings. The van der Waals surface area contributed by atoms with E-state index in [-0.39, 0.29) is 55.0 Å². The number of likely N-dealkylation sites (tertiary alicyclic amines) is 1. The van der Waals surface area contributed by atoms with Crippen LogP contribution in [0.25, 0.3) is 12.2 Å². The predicted molar refractivity (Wildman–Crippen MR) is 209 cm³/mol. The number of sulfonamides is 2. The number of carbonyl (C=O) groups is 2. The number of ether oxygens (including phenoxy) is 2. The van der Waals surface area contributed by atoms with Gasteiger partial charge in [0.05, 0.1) is 34.1 Å². The van der Waals surface area contributed by atoms with Crippen molar-refractivity contribution < 1.29 is 45.4 Å². The quantitative estimate of drug-likeness (QED) is 0.237. The number of carbonyl (C=O) groups excluding carboxylic acids is 1. The summed E-state index contributed by atoms with van der Waals surface area (Å²) in [4.78, 5) is 27.9. The van der Waals surface area contributed by atoms with Crippen LogP contribution in [0.2, 0.25) is 10.0 Å². The van der Waals surface area contributed by atoms with Gasteiger partial charge in [-0.15, -0.1) is 0 Å². The van der Waals surface area contributed by atoms with Crippen LogP contribution in [-0.4, -0.2) is 120 Å². The van der Waals surface area contributed by atoms with E-state index in [2.05, 4.69) is 4.90 Å². The van der Waals surface area contributed by atoms with Crippen molar-refractivity contribution in [3.05, 3.63) is 93.2 Å². The lowest BCUT2D eigenvalue weighted by Gasteiger charge is -2.40. The molecule has 5 rings (SSSR count). The molecular formula is C37H43Cl2FN4O9S2. The van der Waals surface area contributed by atoms with Gasteiger partial charge in [-0.2, -0.15) is 0 Å². The Kier molecular flexibility index (Phi) is 14.5. The smallest absolute Gasteiger partial charge is 0.328 e. The molecule has 2 aliphatic rings. The van der Waals surface area contributed by atoms with Crippen LogP contribution >= 0.6 is 23.2 Å². The molecule has 0 radical (unpaired) electrons. The number of aliphatic carboxylic acids is 1. The summed E-state index contributed by atoms with van der Waals surface area (Å²) in [5, 5.41) is 8.95. The average Bonchev–Trinajstić information content (AvgIpc) is 3.40. The minimum atomic E-state index is -3.79. The number of fused-ring (bicyclic) bond motifs is 2. The first-order valence-corrected chi connectivity index (χ1v) is 20.4. The van der Waals surface area contributed by atoms with E-state index in [1.165, 1.54) is 97.0 Å². The van der Waals surface area contributed by atoms with Crippen LogP contribution < -0.4 is 9.47 Å². The summed E-state index contributed by atoms with van der Waals surface area (Å²) in [7, 11) is 0.911.